The van der Waals surface area contributed by atoms with E-state index >= 15 is 0 Å². The van der Waals surface area contributed by atoms with Gasteiger partial charge in [0.2, 0.25) is 9.84 Å². The maximum Gasteiger partial charge on any atom is 0.200 e. The molecule has 2 aromatic rings. The SMILES string of the molecule is O=S1(=O)C=Cc2c(OCc3ccc(F)cc3)cccc21. The van der Waals surface area contributed by atoms with Crippen molar-refractivity contribution in [2.75, 3.05) is 0 Å². The molecule has 20 heavy (non-hydrogen) atoms. The highest BCUT2D eigenvalue weighted by atomic mass is 32.2. The van der Waals surface area contributed by atoms with E-state index < -0.39 is 9.84 Å². The monoisotopic (exact) mass is 290 g/mol. The van der Waals surface area contributed by atoms with E-state index in [1.807, 2.05) is 0 Å². The van der Waals surface area contributed by atoms with Crippen LogP contribution in [0.25, 0.3) is 6.08 Å². The van der Waals surface area contributed by atoms with Crippen LogP contribution < -0.4 is 4.74 Å². The molecule has 0 aromatic heterocycles. The lowest BCUT2D eigenvalue weighted by molar-refractivity contribution is 0.304. The first-order chi connectivity index (χ1) is 9.56. The molecule has 3 rings (SSSR count). The second kappa shape index (κ2) is 4.76. The molecule has 1 aliphatic rings. The number of halogens is 1. The molecule has 3 nitrogen and oxygen atoms in total. The maximum absolute atomic E-state index is 12.8. The Kier molecular flexibility index (Phi) is 3.06. The highest BCUT2D eigenvalue weighted by Gasteiger charge is 2.23. The fourth-order valence-electron chi connectivity index (χ4n) is 2.03. The number of rotatable bonds is 3. The Morgan fingerprint density at radius 3 is 2.55 bits per heavy atom. The molecule has 0 unspecified atom stereocenters. The van der Waals surface area contributed by atoms with Gasteiger partial charge >= 0.3 is 0 Å². The first-order valence-electron chi connectivity index (χ1n) is 6.00. The van der Waals surface area contributed by atoms with Crippen LogP contribution in [0.1, 0.15) is 11.1 Å². The molecular weight excluding hydrogens is 279 g/mol. The average molecular weight is 290 g/mol. The summed E-state index contributed by atoms with van der Waals surface area (Å²) in [6.45, 7) is 0.255. The second-order valence-electron chi connectivity index (χ2n) is 4.43. The molecule has 0 amide bonds. The van der Waals surface area contributed by atoms with Crippen LogP contribution in [0, 0.1) is 5.82 Å². The van der Waals surface area contributed by atoms with Gasteiger partial charge in [0.25, 0.3) is 0 Å². The summed E-state index contributed by atoms with van der Waals surface area (Å²) in [4.78, 5) is 0.258. The number of benzene rings is 2. The van der Waals surface area contributed by atoms with Crippen molar-refractivity contribution in [3.63, 3.8) is 0 Å². The zero-order valence-electron chi connectivity index (χ0n) is 10.4. The number of fused-ring (bicyclic) bond motifs is 1. The van der Waals surface area contributed by atoms with Crippen LogP contribution >= 0.6 is 0 Å². The number of ether oxygens (including phenoxy) is 1. The number of hydrogen-bond acceptors (Lipinski definition) is 3. The summed E-state index contributed by atoms with van der Waals surface area (Å²) in [7, 11) is -3.33. The Morgan fingerprint density at radius 1 is 1.05 bits per heavy atom. The highest BCUT2D eigenvalue weighted by Crippen LogP contribution is 2.34. The van der Waals surface area contributed by atoms with Gasteiger partial charge in [-0.2, -0.15) is 0 Å². The van der Waals surface area contributed by atoms with Crippen molar-refractivity contribution in [1.82, 2.24) is 0 Å². The molecule has 1 aliphatic heterocycles. The Balaban J connectivity index is 1.85. The molecule has 0 fully saturated rings. The summed E-state index contributed by atoms with van der Waals surface area (Å²) >= 11 is 0. The van der Waals surface area contributed by atoms with Crippen molar-refractivity contribution in [3.05, 3.63) is 64.8 Å². The standard InChI is InChI=1S/C15H11FO3S/c16-12-6-4-11(5-7-12)10-19-14-2-1-3-15-13(14)8-9-20(15,17)18/h1-9H,10H2. The van der Waals surface area contributed by atoms with E-state index in [1.165, 1.54) is 23.6 Å². The van der Waals surface area contributed by atoms with Crippen molar-refractivity contribution in [3.8, 4) is 5.75 Å². The summed E-state index contributed by atoms with van der Waals surface area (Å²) in [6.07, 6.45) is 1.53. The summed E-state index contributed by atoms with van der Waals surface area (Å²) < 4.78 is 41.9. The topological polar surface area (TPSA) is 43.4 Å². The first kappa shape index (κ1) is 12.9. The van der Waals surface area contributed by atoms with E-state index in [4.69, 9.17) is 4.74 Å². The fourth-order valence-corrected chi connectivity index (χ4v) is 3.24. The van der Waals surface area contributed by atoms with Gasteiger partial charge in [-0.3, -0.25) is 0 Å². The fraction of sp³-hybridized carbons (Fsp3) is 0.0667. The van der Waals surface area contributed by atoms with E-state index in [-0.39, 0.29) is 17.3 Å². The normalized spacial score (nSPS) is 15.1. The van der Waals surface area contributed by atoms with Gasteiger partial charge in [0, 0.05) is 11.0 Å². The molecule has 0 atom stereocenters. The molecule has 0 aliphatic carbocycles. The molecular formula is C15H11FO3S. The van der Waals surface area contributed by atoms with Crippen molar-refractivity contribution in [2.45, 2.75) is 11.5 Å². The summed E-state index contributed by atoms with van der Waals surface area (Å²) in [5.74, 6) is 0.201. The van der Waals surface area contributed by atoms with E-state index in [0.29, 0.717) is 11.3 Å². The third-order valence-corrected chi connectivity index (χ3v) is 4.52. The number of sulfone groups is 1. The van der Waals surface area contributed by atoms with Gasteiger partial charge in [0.05, 0.1) is 4.90 Å². The minimum absolute atomic E-state index is 0.255. The molecule has 2 aromatic carbocycles. The van der Waals surface area contributed by atoms with Crippen LogP contribution in [0.4, 0.5) is 4.39 Å². The lowest BCUT2D eigenvalue weighted by atomic mass is 10.2. The van der Waals surface area contributed by atoms with Crippen LogP contribution in [0.15, 0.2) is 52.8 Å². The van der Waals surface area contributed by atoms with Crippen molar-refractivity contribution >= 4 is 15.9 Å². The summed E-state index contributed by atoms with van der Waals surface area (Å²) in [5, 5.41) is 1.17. The average Bonchev–Trinajstić information content (AvgIpc) is 2.75. The van der Waals surface area contributed by atoms with Gasteiger partial charge in [-0.1, -0.05) is 18.2 Å². The number of hydrogen-bond donors (Lipinski definition) is 0. The molecule has 0 spiro atoms. The summed E-state index contributed by atoms with van der Waals surface area (Å²) in [5.41, 5.74) is 1.38. The van der Waals surface area contributed by atoms with Crippen LogP contribution in [0.5, 0.6) is 5.75 Å². The zero-order chi connectivity index (χ0) is 14.2. The van der Waals surface area contributed by atoms with Gasteiger partial charge in [0.1, 0.15) is 18.2 Å². The van der Waals surface area contributed by atoms with Gasteiger partial charge in [-0.15, -0.1) is 0 Å². The minimum Gasteiger partial charge on any atom is -0.488 e. The highest BCUT2D eigenvalue weighted by molar-refractivity contribution is 7.94. The van der Waals surface area contributed by atoms with E-state index in [9.17, 15) is 12.8 Å². The predicted molar refractivity (Wildman–Crippen MR) is 73.4 cm³/mol. The van der Waals surface area contributed by atoms with Crippen LogP contribution in [0.3, 0.4) is 0 Å². The molecule has 0 bridgehead atoms. The Hall–Kier alpha value is -2.14. The second-order valence-corrected chi connectivity index (χ2v) is 6.23. The molecule has 0 saturated heterocycles. The van der Waals surface area contributed by atoms with E-state index in [0.717, 1.165) is 5.56 Å². The van der Waals surface area contributed by atoms with Gasteiger partial charge in [0.15, 0.2) is 0 Å². The van der Waals surface area contributed by atoms with Crippen molar-refractivity contribution in [1.29, 1.82) is 0 Å². The lowest BCUT2D eigenvalue weighted by Gasteiger charge is -2.09. The maximum atomic E-state index is 12.8. The third kappa shape index (κ3) is 2.32. The van der Waals surface area contributed by atoms with Gasteiger partial charge < -0.3 is 4.74 Å². The largest absolute Gasteiger partial charge is 0.488 e. The minimum atomic E-state index is -3.33. The molecule has 0 saturated carbocycles. The predicted octanol–water partition coefficient (Wildman–Crippen LogP) is 3.16. The summed E-state index contributed by atoms with van der Waals surface area (Å²) in [6, 6.07) is 10.9. The molecule has 1 heterocycles. The van der Waals surface area contributed by atoms with Gasteiger partial charge in [-0.25, -0.2) is 12.8 Å². The molecule has 0 radical (unpaired) electrons. The van der Waals surface area contributed by atoms with Crippen LogP contribution in [0.2, 0.25) is 0 Å². The van der Waals surface area contributed by atoms with Crippen molar-refractivity contribution in [2.24, 2.45) is 0 Å². The molecule has 102 valence electrons. The van der Waals surface area contributed by atoms with Crippen molar-refractivity contribution < 1.29 is 17.5 Å². The smallest absolute Gasteiger partial charge is 0.200 e. The van der Waals surface area contributed by atoms with Crippen LogP contribution in [-0.2, 0) is 16.4 Å². The Bertz CT molecular complexity index is 777. The van der Waals surface area contributed by atoms with Gasteiger partial charge in [-0.05, 0) is 35.9 Å². The van der Waals surface area contributed by atoms with E-state index in [2.05, 4.69) is 0 Å². The van der Waals surface area contributed by atoms with E-state index in [1.54, 1.807) is 30.3 Å². The Labute approximate surface area is 116 Å². The quantitative estimate of drug-likeness (QED) is 0.872. The molecule has 0 N–H and O–H groups in total. The first-order valence-corrected chi connectivity index (χ1v) is 7.54. The molecule has 5 heteroatoms. The Morgan fingerprint density at radius 2 is 1.80 bits per heavy atom. The third-order valence-electron chi connectivity index (χ3n) is 3.05. The van der Waals surface area contributed by atoms with Crippen LogP contribution in [-0.4, -0.2) is 8.42 Å². The lowest BCUT2D eigenvalue weighted by Crippen LogP contribution is -1.99. The zero-order valence-corrected chi connectivity index (χ0v) is 11.2.